The summed E-state index contributed by atoms with van der Waals surface area (Å²) in [6.45, 7) is 0. The molecule has 7 heteroatoms. The van der Waals surface area contributed by atoms with Crippen LogP contribution in [-0.2, 0) is 4.79 Å². The lowest BCUT2D eigenvalue weighted by Gasteiger charge is -2.06. The number of aromatic nitrogens is 1. The number of hydrogen-bond donors (Lipinski definition) is 2. The summed E-state index contributed by atoms with van der Waals surface area (Å²) in [7, 11) is 0. The van der Waals surface area contributed by atoms with Gasteiger partial charge in [0.1, 0.15) is 11.4 Å². The van der Waals surface area contributed by atoms with Crippen LogP contribution in [-0.4, -0.2) is 27.7 Å². The predicted octanol–water partition coefficient (Wildman–Crippen LogP) is 2.57. The minimum Gasteiger partial charge on any atom is -0.478 e. The van der Waals surface area contributed by atoms with E-state index in [0.717, 1.165) is 4.21 Å². The van der Waals surface area contributed by atoms with Crippen molar-refractivity contribution in [3.63, 3.8) is 0 Å². The third-order valence-electron chi connectivity index (χ3n) is 2.14. The molecule has 0 aliphatic heterocycles. The van der Waals surface area contributed by atoms with Crippen molar-refractivity contribution in [1.82, 2.24) is 4.98 Å². The highest BCUT2D eigenvalue weighted by atomic mass is 32.2. The van der Waals surface area contributed by atoms with Crippen LogP contribution in [0.2, 0.25) is 0 Å². The van der Waals surface area contributed by atoms with E-state index in [-0.39, 0.29) is 23.0 Å². The Morgan fingerprint density at radius 2 is 2.21 bits per heavy atom. The number of nitrogens with zero attached hydrogens (tertiary/aromatic N) is 1. The van der Waals surface area contributed by atoms with Crippen molar-refractivity contribution in [1.29, 1.82) is 0 Å². The summed E-state index contributed by atoms with van der Waals surface area (Å²) in [5.41, 5.74) is -0.0167. The number of nitrogens with one attached hydrogen (secondary N) is 1. The number of aromatic carboxylic acids is 1. The number of hydrogen-bond acceptors (Lipinski definition) is 5. The van der Waals surface area contributed by atoms with Crippen molar-refractivity contribution in [2.45, 2.75) is 4.21 Å². The molecule has 0 radical (unpaired) electrons. The summed E-state index contributed by atoms with van der Waals surface area (Å²) < 4.78 is 1.04. The maximum absolute atomic E-state index is 11.7. The van der Waals surface area contributed by atoms with E-state index in [9.17, 15) is 9.59 Å². The first-order valence-electron chi connectivity index (χ1n) is 5.31. The highest BCUT2D eigenvalue weighted by molar-refractivity contribution is 8.01. The molecule has 0 unspecified atom stereocenters. The Balaban J connectivity index is 1.97. The van der Waals surface area contributed by atoms with Crippen molar-refractivity contribution in [3.05, 3.63) is 41.4 Å². The molecule has 0 aliphatic carbocycles. The van der Waals surface area contributed by atoms with Crippen molar-refractivity contribution in [2.24, 2.45) is 0 Å². The fourth-order valence-corrected chi connectivity index (χ4v) is 2.91. The Bertz CT molecular complexity index is 584. The molecule has 0 aliphatic rings. The average Bonchev–Trinajstić information content (AvgIpc) is 2.90. The molecule has 19 heavy (non-hydrogen) atoms. The zero-order valence-electron chi connectivity index (χ0n) is 9.70. The predicted molar refractivity (Wildman–Crippen MR) is 74.9 cm³/mol. The summed E-state index contributed by atoms with van der Waals surface area (Å²) in [6.07, 6.45) is 1.44. The number of pyridine rings is 1. The monoisotopic (exact) mass is 294 g/mol. The molecule has 0 saturated carbocycles. The number of carbonyl (C=O) groups is 2. The summed E-state index contributed by atoms with van der Waals surface area (Å²) in [6, 6.07) is 6.75. The lowest BCUT2D eigenvalue weighted by atomic mass is 10.2. The second-order valence-corrected chi connectivity index (χ2v) is 5.70. The lowest BCUT2D eigenvalue weighted by molar-refractivity contribution is -0.113. The van der Waals surface area contributed by atoms with E-state index in [1.54, 1.807) is 11.3 Å². The van der Waals surface area contributed by atoms with Gasteiger partial charge in [-0.15, -0.1) is 23.1 Å². The standard InChI is InChI=1S/C12H10N2O3S2/c15-9(7-19-10-4-2-6-18-10)14-11-8(12(16)17)3-1-5-13-11/h1-6H,7H2,(H,16,17)(H,13,14,15). The van der Waals surface area contributed by atoms with Crippen LogP contribution < -0.4 is 5.32 Å². The van der Waals surface area contributed by atoms with Gasteiger partial charge in [0.15, 0.2) is 0 Å². The van der Waals surface area contributed by atoms with E-state index in [1.807, 2.05) is 17.5 Å². The summed E-state index contributed by atoms with van der Waals surface area (Å²) in [4.78, 5) is 26.5. The second-order valence-electron chi connectivity index (χ2n) is 3.47. The Morgan fingerprint density at radius 3 is 2.89 bits per heavy atom. The van der Waals surface area contributed by atoms with Gasteiger partial charge < -0.3 is 10.4 Å². The maximum atomic E-state index is 11.7. The van der Waals surface area contributed by atoms with Crippen molar-refractivity contribution >= 4 is 40.8 Å². The number of amides is 1. The molecule has 0 bridgehead atoms. The van der Waals surface area contributed by atoms with Gasteiger partial charge in [-0.1, -0.05) is 6.07 Å². The smallest absolute Gasteiger partial charge is 0.339 e. The van der Waals surface area contributed by atoms with Gasteiger partial charge in [0, 0.05) is 6.20 Å². The fourth-order valence-electron chi connectivity index (χ4n) is 1.33. The minimum atomic E-state index is -1.12. The summed E-state index contributed by atoms with van der Waals surface area (Å²) in [5, 5.41) is 13.4. The molecule has 0 fully saturated rings. The number of rotatable bonds is 5. The minimum absolute atomic E-state index is 0.0167. The van der Waals surface area contributed by atoms with Gasteiger partial charge in [0.2, 0.25) is 5.91 Å². The van der Waals surface area contributed by atoms with Crippen LogP contribution in [0.3, 0.4) is 0 Å². The van der Waals surface area contributed by atoms with Crippen molar-refractivity contribution in [3.8, 4) is 0 Å². The number of carbonyl (C=O) groups excluding carboxylic acids is 1. The normalized spacial score (nSPS) is 10.1. The largest absolute Gasteiger partial charge is 0.478 e. The molecular weight excluding hydrogens is 284 g/mol. The summed E-state index contributed by atoms with van der Waals surface area (Å²) in [5.74, 6) is -1.10. The highest BCUT2D eigenvalue weighted by Crippen LogP contribution is 2.23. The maximum Gasteiger partial charge on any atom is 0.339 e. The van der Waals surface area contributed by atoms with Crippen LogP contribution in [0.5, 0.6) is 0 Å². The first kappa shape index (κ1) is 13.6. The van der Waals surface area contributed by atoms with E-state index in [2.05, 4.69) is 10.3 Å². The average molecular weight is 294 g/mol. The number of anilines is 1. The topological polar surface area (TPSA) is 79.3 Å². The van der Waals surface area contributed by atoms with E-state index in [4.69, 9.17) is 5.11 Å². The molecule has 0 saturated heterocycles. The van der Waals surface area contributed by atoms with Gasteiger partial charge in [0.25, 0.3) is 0 Å². The lowest BCUT2D eigenvalue weighted by Crippen LogP contribution is -2.17. The molecule has 98 valence electrons. The van der Waals surface area contributed by atoms with Crippen LogP contribution in [0.25, 0.3) is 0 Å². The first-order chi connectivity index (χ1) is 9.16. The van der Waals surface area contributed by atoms with E-state index < -0.39 is 5.97 Å². The van der Waals surface area contributed by atoms with Crippen LogP contribution in [0, 0.1) is 0 Å². The van der Waals surface area contributed by atoms with Crippen molar-refractivity contribution in [2.75, 3.05) is 11.1 Å². The molecule has 2 heterocycles. The van der Waals surface area contributed by atoms with E-state index in [1.165, 1.54) is 30.1 Å². The zero-order chi connectivity index (χ0) is 13.7. The van der Waals surface area contributed by atoms with Crippen molar-refractivity contribution < 1.29 is 14.7 Å². The number of carboxylic acid groups (broad SMARTS) is 1. The van der Waals surface area contributed by atoms with Gasteiger partial charge in [-0.2, -0.15) is 0 Å². The quantitative estimate of drug-likeness (QED) is 0.829. The highest BCUT2D eigenvalue weighted by Gasteiger charge is 2.13. The first-order valence-corrected chi connectivity index (χ1v) is 7.18. The number of carboxylic acids is 1. The number of thioether (sulfide) groups is 1. The van der Waals surface area contributed by atoms with E-state index in [0.29, 0.717) is 0 Å². The molecule has 0 atom stereocenters. The van der Waals surface area contributed by atoms with Gasteiger partial charge in [-0.3, -0.25) is 4.79 Å². The third-order valence-corrected chi connectivity index (χ3v) is 4.27. The molecule has 2 rings (SSSR count). The fraction of sp³-hybridized carbons (Fsp3) is 0.0833. The Kier molecular flexibility index (Phi) is 4.53. The van der Waals surface area contributed by atoms with Crippen LogP contribution >= 0.6 is 23.1 Å². The van der Waals surface area contributed by atoms with Crippen LogP contribution in [0.15, 0.2) is 40.1 Å². The molecule has 2 N–H and O–H groups in total. The van der Waals surface area contributed by atoms with Crippen LogP contribution in [0.4, 0.5) is 5.82 Å². The van der Waals surface area contributed by atoms with Gasteiger partial charge >= 0.3 is 5.97 Å². The van der Waals surface area contributed by atoms with E-state index >= 15 is 0 Å². The Morgan fingerprint density at radius 1 is 1.37 bits per heavy atom. The SMILES string of the molecule is O=C(CSc1cccs1)Nc1ncccc1C(=O)O. The molecule has 0 aromatic carbocycles. The Hall–Kier alpha value is -1.86. The van der Waals surface area contributed by atoms with Gasteiger partial charge in [-0.25, -0.2) is 9.78 Å². The third kappa shape index (κ3) is 3.80. The molecule has 0 spiro atoms. The van der Waals surface area contributed by atoms with Gasteiger partial charge in [0.05, 0.1) is 9.96 Å². The van der Waals surface area contributed by atoms with Gasteiger partial charge in [-0.05, 0) is 23.6 Å². The zero-order valence-corrected chi connectivity index (χ0v) is 11.3. The molecule has 2 aromatic heterocycles. The number of thiophene rings is 1. The molecule has 1 amide bonds. The molecule has 2 aromatic rings. The van der Waals surface area contributed by atoms with Crippen LogP contribution in [0.1, 0.15) is 10.4 Å². The summed E-state index contributed by atoms with van der Waals surface area (Å²) >= 11 is 2.95. The molecule has 5 nitrogen and oxygen atoms in total. The second kappa shape index (κ2) is 6.35. The Labute approximate surface area is 117 Å². The molecular formula is C12H10N2O3S2.